The first kappa shape index (κ1) is 16.2. The maximum absolute atomic E-state index is 11.5. The van der Waals surface area contributed by atoms with Crippen LogP contribution < -0.4 is 16.4 Å². The van der Waals surface area contributed by atoms with Crippen molar-refractivity contribution in [3.63, 3.8) is 0 Å². The molecule has 0 aromatic carbocycles. The largest absolute Gasteiger partial charge is 0.480 e. The predicted molar refractivity (Wildman–Crippen MR) is 69.0 cm³/mol. The molecule has 1 aromatic heterocycles. The van der Waals surface area contributed by atoms with E-state index in [9.17, 15) is 19.2 Å². The molecule has 0 radical (unpaired) electrons. The van der Waals surface area contributed by atoms with Gasteiger partial charge in [-0.25, -0.2) is 4.79 Å². The van der Waals surface area contributed by atoms with Gasteiger partial charge in [-0.05, 0) is 6.07 Å². The van der Waals surface area contributed by atoms with Gasteiger partial charge in [-0.3, -0.25) is 14.4 Å². The van der Waals surface area contributed by atoms with Gasteiger partial charge in [-0.15, -0.1) is 0 Å². The number of primary amides is 1. The molecular formula is C12H15N3O6. The van der Waals surface area contributed by atoms with E-state index < -0.39 is 36.2 Å². The molecule has 0 aliphatic rings. The Morgan fingerprint density at radius 1 is 1.33 bits per heavy atom. The maximum Gasteiger partial charge on any atom is 0.326 e. The van der Waals surface area contributed by atoms with Crippen LogP contribution in [0.2, 0.25) is 0 Å². The molecule has 0 aliphatic carbocycles. The van der Waals surface area contributed by atoms with E-state index in [1.165, 1.54) is 18.6 Å². The van der Waals surface area contributed by atoms with E-state index in [1.54, 1.807) is 0 Å². The molecule has 1 rings (SSSR count). The van der Waals surface area contributed by atoms with Crippen LogP contribution in [-0.2, 0) is 14.4 Å². The molecule has 0 fully saturated rings. The fraction of sp³-hybridized carbons (Fsp3) is 0.333. The third-order valence-electron chi connectivity index (χ3n) is 2.46. The molecular weight excluding hydrogens is 282 g/mol. The zero-order valence-electron chi connectivity index (χ0n) is 11.0. The van der Waals surface area contributed by atoms with Crippen molar-refractivity contribution in [3.05, 3.63) is 24.2 Å². The van der Waals surface area contributed by atoms with Gasteiger partial charge in [0.05, 0.1) is 18.2 Å². The van der Waals surface area contributed by atoms with E-state index in [2.05, 4.69) is 10.6 Å². The third kappa shape index (κ3) is 5.76. The van der Waals surface area contributed by atoms with E-state index in [1.807, 2.05) is 0 Å². The summed E-state index contributed by atoms with van der Waals surface area (Å²) >= 11 is 0. The number of carboxylic acid groups (broad SMARTS) is 1. The highest BCUT2D eigenvalue weighted by Crippen LogP contribution is 1.99. The highest BCUT2D eigenvalue weighted by Gasteiger charge is 2.21. The topological polar surface area (TPSA) is 152 Å². The number of furan rings is 1. The van der Waals surface area contributed by atoms with Crippen LogP contribution in [0.15, 0.2) is 23.0 Å². The monoisotopic (exact) mass is 297 g/mol. The summed E-state index contributed by atoms with van der Waals surface area (Å²) in [7, 11) is 0. The summed E-state index contributed by atoms with van der Waals surface area (Å²) in [6.45, 7) is 0.0127. The van der Waals surface area contributed by atoms with Crippen molar-refractivity contribution >= 4 is 23.7 Å². The predicted octanol–water partition coefficient (Wildman–Crippen LogP) is -1.16. The quantitative estimate of drug-likeness (QED) is 0.475. The number of carboxylic acids is 1. The first-order chi connectivity index (χ1) is 9.90. The number of nitrogens with one attached hydrogen (secondary N) is 2. The second-order valence-electron chi connectivity index (χ2n) is 4.15. The number of hydrogen-bond donors (Lipinski definition) is 4. The molecule has 1 atom stereocenters. The maximum atomic E-state index is 11.5. The summed E-state index contributed by atoms with van der Waals surface area (Å²) in [5.74, 6) is -3.22. The number of amides is 3. The van der Waals surface area contributed by atoms with Crippen LogP contribution in [0, 0.1) is 0 Å². The second kappa shape index (κ2) is 7.68. The Balaban J connectivity index is 2.34. The highest BCUT2D eigenvalue weighted by molar-refractivity contribution is 5.94. The molecule has 0 bridgehead atoms. The minimum Gasteiger partial charge on any atom is -0.480 e. The van der Waals surface area contributed by atoms with E-state index in [0.717, 1.165) is 0 Å². The number of carbonyl (C=O) groups is 4. The van der Waals surface area contributed by atoms with Gasteiger partial charge < -0.3 is 25.9 Å². The number of nitrogens with two attached hydrogens (primary N) is 1. The van der Waals surface area contributed by atoms with Crippen molar-refractivity contribution in [1.82, 2.24) is 10.6 Å². The minimum atomic E-state index is -1.38. The molecule has 3 amide bonds. The zero-order valence-corrected chi connectivity index (χ0v) is 11.0. The molecule has 1 aromatic rings. The van der Waals surface area contributed by atoms with Gasteiger partial charge in [0.1, 0.15) is 12.3 Å². The molecule has 0 unspecified atom stereocenters. The van der Waals surface area contributed by atoms with Crippen molar-refractivity contribution in [2.45, 2.75) is 18.9 Å². The van der Waals surface area contributed by atoms with Crippen LogP contribution >= 0.6 is 0 Å². The van der Waals surface area contributed by atoms with Crippen LogP contribution in [0.4, 0.5) is 0 Å². The Morgan fingerprint density at radius 3 is 2.57 bits per heavy atom. The number of rotatable bonds is 8. The smallest absolute Gasteiger partial charge is 0.326 e. The Morgan fingerprint density at radius 2 is 2.05 bits per heavy atom. The SMILES string of the molecule is NC(=O)C[C@H](NC(=O)CCNC(=O)c1ccoc1)C(=O)O. The van der Waals surface area contributed by atoms with Gasteiger partial charge in [0.15, 0.2) is 0 Å². The van der Waals surface area contributed by atoms with E-state index in [0.29, 0.717) is 5.56 Å². The first-order valence-electron chi connectivity index (χ1n) is 6.01. The lowest BCUT2D eigenvalue weighted by molar-refractivity contribution is -0.143. The third-order valence-corrected chi connectivity index (χ3v) is 2.46. The molecule has 9 nitrogen and oxygen atoms in total. The van der Waals surface area contributed by atoms with Gasteiger partial charge in [0.25, 0.3) is 5.91 Å². The summed E-state index contributed by atoms with van der Waals surface area (Å²) in [5.41, 5.74) is 5.19. The van der Waals surface area contributed by atoms with Crippen molar-refractivity contribution in [2.75, 3.05) is 6.54 Å². The lowest BCUT2D eigenvalue weighted by atomic mass is 10.2. The number of carbonyl (C=O) groups excluding carboxylic acids is 3. The lowest BCUT2D eigenvalue weighted by Crippen LogP contribution is -2.44. The van der Waals surface area contributed by atoms with Crippen molar-refractivity contribution < 1.29 is 28.7 Å². The van der Waals surface area contributed by atoms with Crippen LogP contribution in [0.25, 0.3) is 0 Å². The average Bonchev–Trinajstić information content (AvgIpc) is 2.91. The second-order valence-corrected chi connectivity index (χ2v) is 4.15. The van der Waals surface area contributed by atoms with Crippen LogP contribution in [0.1, 0.15) is 23.2 Å². The Bertz CT molecular complexity index is 525. The summed E-state index contributed by atoms with van der Waals surface area (Å²) in [6, 6.07) is 0.0856. The fourth-order valence-electron chi connectivity index (χ4n) is 1.45. The van der Waals surface area contributed by atoms with Gasteiger partial charge in [0, 0.05) is 13.0 Å². The van der Waals surface area contributed by atoms with Gasteiger partial charge in [-0.2, -0.15) is 0 Å². The van der Waals surface area contributed by atoms with Crippen molar-refractivity contribution in [1.29, 1.82) is 0 Å². The van der Waals surface area contributed by atoms with Gasteiger partial charge >= 0.3 is 5.97 Å². The highest BCUT2D eigenvalue weighted by atomic mass is 16.4. The fourth-order valence-corrected chi connectivity index (χ4v) is 1.45. The number of hydrogen-bond acceptors (Lipinski definition) is 5. The molecule has 1 heterocycles. The molecule has 21 heavy (non-hydrogen) atoms. The molecule has 0 spiro atoms. The minimum absolute atomic E-state index is 0.0127. The molecule has 0 aliphatic heterocycles. The van der Waals surface area contributed by atoms with Crippen molar-refractivity contribution in [3.8, 4) is 0 Å². The Kier molecular flexibility index (Phi) is 5.93. The van der Waals surface area contributed by atoms with Crippen LogP contribution in [0.3, 0.4) is 0 Å². The molecule has 114 valence electrons. The zero-order chi connectivity index (χ0) is 15.8. The molecule has 5 N–H and O–H groups in total. The van der Waals surface area contributed by atoms with Gasteiger partial charge in [0.2, 0.25) is 11.8 Å². The van der Waals surface area contributed by atoms with Crippen molar-refractivity contribution in [2.24, 2.45) is 5.73 Å². The Labute approximate surface area is 119 Å². The normalized spacial score (nSPS) is 11.4. The summed E-state index contributed by atoms with van der Waals surface area (Å²) < 4.78 is 4.73. The summed E-state index contributed by atoms with van der Waals surface area (Å²) in [5, 5.41) is 13.4. The number of aliphatic carboxylic acids is 1. The van der Waals surface area contributed by atoms with E-state index in [-0.39, 0.29) is 13.0 Å². The Hall–Kier alpha value is -2.84. The van der Waals surface area contributed by atoms with Gasteiger partial charge in [-0.1, -0.05) is 0 Å². The standard InChI is InChI=1S/C12H15N3O6/c13-9(16)5-8(12(19)20)15-10(17)1-3-14-11(18)7-2-4-21-6-7/h2,4,6,8H,1,3,5H2,(H2,13,16)(H,14,18)(H,15,17)(H,19,20)/t8-/m0/s1. The van der Waals surface area contributed by atoms with E-state index in [4.69, 9.17) is 15.3 Å². The first-order valence-corrected chi connectivity index (χ1v) is 6.01. The summed E-state index contributed by atoms with van der Waals surface area (Å²) in [6.07, 6.45) is 1.96. The molecule has 0 saturated heterocycles. The molecule has 0 saturated carbocycles. The van der Waals surface area contributed by atoms with Crippen LogP contribution in [-0.4, -0.2) is 41.4 Å². The average molecular weight is 297 g/mol. The lowest BCUT2D eigenvalue weighted by Gasteiger charge is -2.12. The van der Waals surface area contributed by atoms with E-state index >= 15 is 0 Å². The molecule has 9 heteroatoms. The summed E-state index contributed by atoms with van der Waals surface area (Å²) in [4.78, 5) is 44.5. The van der Waals surface area contributed by atoms with Crippen LogP contribution in [0.5, 0.6) is 0 Å².